The number of benzene rings is 2. The Morgan fingerprint density at radius 1 is 0.750 bits per heavy atom. The van der Waals surface area contributed by atoms with Crippen LogP contribution in [-0.2, 0) is 67.9 Å². The van der Waals surface area contributed by atoms with E-state index in [9.17, 15) is 27.0 Å². The van der Waals surface area contributed by atoms with E-state index in [2.05, 4.69) is 10.2 Å². The van der Waals surface area contributed by atoms with Crippen LogP contribution in [0.1, 0.15) is 22.5 Å². The largest absolute Gasteiger partial charge is 0.497 e. The van der Waals surface area contributed by atoms with Crippen molar-refractivity contribution in [1.82, 2.24) is 23.9 Å². The lowest BCUT2D eigenvalue weighted by atomic mass is 9.98. The molecule has 0 unspecified atom stereocenters. The van der Waals surface area contributed by atoms with Gasteiger partial charge in [0.25, 0.3) is 20.0 Å². The van der Waals surface area contributed by atoms with E-state index >= 15 is 0 Å². The van der Waals surface area contributed by atoms with Crippen molar-refractivity contribution in [2.45, 2.75) is 34.3 Å². The Balaban J connectivity index is 0.000000250. The zero-order valence-electron chi connectivity index (χ0n) is 26.8. The van der Waals surface area contributed by atoms with Gasteiger partial charge in [0.15, 0.2) is 21.3 Å². The van der Waals surface area contributed by atoms with E-state index in [0.717, 1.165) is 11.1 Å². The van der Waals surface area contributed by atoms with E-state index in [1.54, 1.807) is 52.6 Å². The van der Waals surface area contributed by atoms with Gasteiger partial charge in [-0.15, -0.1) is 0 Å². The maximum Gasteiger partial charge on any atom is 0.263 e. The minimum atomic E-state index is -3.99. The third-order valence-corrected chi connectivity index (χ3v) is 10.4. The van der Waals surface area contributed by atoms with E-state index in [-0.39, 0.29) is 49.6 Å². The summed E-state index contributed by atoms with van der Waals surface area (Å²) in [7, 11) is -1.51. The third-order valence-electron chi connectivity index (χ3n) is 7.96. The minimum absolute atomic E-state index is 0.105. The SMILES string of the molecule is COc1ccc(CN(Cc2ccc(OC)cc2)S(=O)(=O)c2cc(C3(O)COC3)n(C)n2)cc1.Cn1nc(S(N)(=O)=O)cc1C1(O)COC1. The Morgan fingerprint density at radius 3 is 1.44 bits per heavy atom. The lowest BCUT2D eigenvalue weighted by Gasteiger charge is -2.35. The van der Waals surface area contributed by atoms with Crippen LogP contribution >= 0.6 is 0 Å². The van der Waals surface area contributed by atoms with E-state index < -0.39 is 31.2 Å². The highest BCUT2D eigenvalue weighted by Gasteiger charge is 2.43. The van der Waals surface area contributed by atoms with Crippen LogP contribution < -0.4 is 14.6 Å². The number of aromatic nitrogens is 4. The fraction of sp³-hybridized carbons (Fsp3) is 0.400. The predicted octanol–water partition coefficient (Wildman–Crippen LogP) is 0.332. The summed E-state index contributed by atoms with van der Waals surface area (Å²) >= 11 is 0. The number of rotatable bonds is 11. The van der Waals surface area contributed by atoms with Crippen LogP contribution in [0.2, 0.25) is 0 Å². The summed E-state index contributed by atoms with van der Waals surface area (Å²) in [5.74, 6) is 1.38. The van der Waals surface area contributed by atoms with Crippen LogP contribution in [0.3, 0.4) is 0 Å². The highest BCUT2D eigenvalue weighted by Crippen LogP contribution is 2.32. The van der Waals surface area contributed by atoms with Gasteiger partial charge in [-0.2, -0.15) is 14.5 Å². The van der Waals surface area contributed by atoms with E-state index in [1.165, 1.54) is 25.8 Å². The van der Waals surface area contributed by atoms with Crippen LogP contribution in [0, 0.1) is 0 Å². The van der Waals surface area contributed by atoms with Gasteiger partial charge in [0.1, 0.15) is 11.5 Å². The molecule has 2 aromatic heterocycles. The molecule has 4 heterocycles. The second-order valence-corrected chi connectivity index (χ2v) is 14.9. The quantitative estimate of drug-likeness (QED) is 0.193. The van der Waals surface area contributed by atoms with Crippen molar-refractivity contribution in [3.63, 3.8) is 0 Å². The van der Waals surface area contributed by atoms with E-state index in [1.807, 2.05) is 24.3 Å². The molecule has 0 radical (unpaired) electrons. The zero-order chi connectivity index (χ0) is 34.9. The number of aryl methyl sites for hydroxylation is 2. The Morgan fingerprint density at radius 2 is 1.12 bits per heavy atom. The molecule has 18 heteroatoms. The average Bonchev–Trinajstić information content (AvgIpc) is 3.63. The summed E-state index contributed by atoms with van der Waals surface area (Å²) in [6.45, 7) is 0.753. The standard InChI is InChI=1S/C23H27N3O6S.C7H11N3O4S/c1-25-21(23(27)15-32-16-23)12-22(24-25)33(28,29)26(13-17-4-8-19(30-2)9-5-17)14-18-6-10-20(31-3)11-7-18;1-10-5(7(11)3-14-4-7)2-6(9-10)15(8,12)13/h4-12,27H,13-16H2,1-3H3;2,11H,3-4H2,1H3,(H2,8,12,13). The number of primary sulfonamides is 1. The molecule has 2 saturated heterocycles. The molecule has 0 atom stereocenters. The second-order valence-electron chi connectivity index (χ2n) is 11.5. The number of methoxy groups -OCH3 is 2. The maximum atomic E-state index is 13.7. The topological polar surface area (TPSA) is 211 Å². The molecule has 0 aliphatic carbocycles. The fourth-order valence-electron chi connectivity index (χ4n) is 5.13. The van der Waals surface area contributed by atoms with E-state index in [0.29, 0.717) is 22.9 Å². The summed E-state index contributed by atoms with van der Waals surface area (Å²) in [4.78, 5) is 0. The third kappa shape index (κ3) is 7.40. The van der Waals surface area contributed by atoms with Gasteiger partial charge in [0, 0.05) is 39.3 Å². The Hall–Kier alpha value is -3.88. The zero-order valence-corrected chi connectivity index (χ0v) is 28.4. The highest BCUT2D eigenvalue weighted by molar-refractivity contribution is 7.89. The first-order chi connectivity index (χ1) is 22.6. The number of nitrogens with zero attached hydrogens (tertiary/aromatic N) is 5. The number of sulfonamides is 2. The van der Waals surface area contributed by atoms with Gasteiger partial charge >= 0.3 is 0 Å². The molecule has 2 aliphatic heterocycles. The van der Waals surface area contributed by atoms with Gasteiger partial charge in [-0.3, -0.25) is 9.36 Å². The van der Waals surface area contributed by atoms with Gasteiger partial charge in [0.2, 0.25) is 0 Å². The lowest BCUT2D eigenvalue weighted by Crippen LogP contribution is -2.47. The summed E-state index contributed by atoms with van der Waals surface area (Å²) in [6.07, 6.45) is 0. The first kappa shape index (κ1) is 35.4. The van der Waals surface area contributed by atoms with Crippen molar-refractivity contribution in [3.05, 3.63) is 83.2 Å². The van der Waals surface area contributed by atoms with Crippen molar-refractivity contribution in [1.29, 1.82) is 0 Å². The van der Waals surface area contributed by atoms with Gasteiger partial charge in [0.05, 0.1) is 52.0 Å². The number of hydrogen-bond donors (Lipinski definition) is 3. The molecule has 4 N–H and O–H groups in total. The molecule has 16 nitrogen and oxygen atoms in total. The van der Waals surface area contributed by atoms with Crippen molar-refractivity contribution in [2.75, 3.05) is 40.6 Å². The monoisotopic (exact) mass is 706 g/mol. The van der Waals surface area contributed by atoms with Crippen LogP contribution in [0.5, 0.6) is 11.5 Å². The smallest absolute Gasteiger partial charge is 0.263 e. The Labute approximate surface area is 278 Å². The molecule has 6 rings (SSSR count). The number of hydrogen-bond acceptors (Lipinski definition) is 12. The molecule has 48 heavy (non-hydrogen) atoms. The van der Waals surface area contributed by atoms with Crippen molar-refractivity contribution < 1.29 is 46.0 Å². The number of aliphatic hydroxyl groups is 2. The minimum Gasteiger partial charge on any atom is -0.497 e. The first-order valence-corrected chi connectivity index (χ1v) is 17.5. The van der Waals surface area contributed by atoms with Gasteiger partial charge in [-0.25, -0.2) is 22.0 Å². The maximum absolute atomic E-state index is 13.7. The van der Waals surface area contributed by atoms with Crippen LogP contribution in [-0.4, -0.2) is 91.6 Å². The molecule has 2 fully saturated rings. The van der Waals surface area contributed by atoms with Crippen LogP contribution in [0.4, 0.5) is 0 Å². The summed E-state index contributed by atoms with van der Waals surface area (Å²) in [6, 6.07) is 17.2. The van der Waals surface area contributed by atoms with Gasteiger partial charge in [-0.05, 0) is 35.4 Å². The Bertz CT molecular complexity index is 1900. The summed E-state index contributed by atoms with van der Waals surface area (Å²) in [5.41, 5.74) is 0.0147. The normalized spacial score (nSPS) is 16.8. The van der Waals surface area contributed by atoms with Gasteiger partial charge in [-0.1, -0.05) is 24.3 Å². The molecule has 0 bridgehead atoms. The highest BCUT2D eigenvalue weighted by atomic mass is 32.2. The van der Waals surface area contributed by atoms with Crippen molar-refractivity contribution >= 4 is 20.0 Å². The van der Waals surface area contributed by atoms with Crippen LogP contribution in [0.15, 0.2) is 70.7 Å². The summed E-state index contributed by atoms with van der Waals surface area (Å²) in [5, 5.41) is 33.0. The molecular formula is C30H38N6O10S2. The average molecular weight is 707 g/mol. The molecule has 2 aromatic carbocycles. The molecule has 0 amide bonds. The molecule has 2 aliphatic rings. The first-order valence-electron chi connectivity index (χ1n) is 14.6. The number of nitrogens with two attached hydrogens (primary N) is 1. The molecular weight excluding hydrogens is 668 g/mol. The fourth-order valence-corrected chi connectivity index (χ4v) is 7.03. The lowest BCUT2D eigenvalue weighted by molar-refractivity contribution is -0.188. The predicted molar refractivity (Wildman–Crippen MR) is 170 cm³/mol. The summed E-state index contributed by atoms with van der Waals surface area (Å²) < 4.78 is 73.8. The number of ether oxygens (including phenoxy) is 4. The Kier molecular flexibility index (Phi) is 10.0. The molecule has 0 saturated carbocycles. The van der Waals surface area contributed by atoms with Crippen molar-refractivity contribution in [3.8, 4) is 11.5 Å². The van der Waals surface area contributed by atoms with E-state index in [4.69, 9.17) is 24.1 Å². The molecule has 260 valence electrons. The van der Waals surface area contributed by atoms with Gasteiger partial charge < -0.3 is 29.2 Å². The second kappa shape index (κ2) is 13.6. The van der Waals surface area contributed by atoms with Crippen molar-refractivity contribution in [2.24, 2.45) is 19.2 Å². The molecule has 0 spiro atoms. The molecule has 4 aromatic rings. The van der Waals surface area contributed by atoms with Crippen LogP contribution in [0.25, 0.3) is 0 Å².